The summed E-state index contributed by atoms with van der Waals surface area (Å²) >= 11 is 0. The summed E-state index contributed by atoms with van der Waals surface area (Å²) in [7, 11) is 0. The minimum atomic E-state index is 0.378. The molecule has 0 spiro atoms. The summed E-state index contributed by atoms with van der Waals surface area (Å²) in [5, 5.41) is 3.29. The predicted molar refractivity (Wildman–Crippen MR) is 83.3 cm³/mol. The van der Waals surface area contributed by atoms with Crippen molar-refractivity contribution in [1.29, 1.82) is 0 Å². The summed E-state index contributed by atoms with van der Waals surface area (Å²) < 4.78 is 8.08. The maximum atomic E-state index is 5.96. The van der Waals surface area contributed by atoms with Crippen LogP contribution in [0.4, 0.5) is 0 Å². The molecule has 0 amide bonds. The Labute approximate surface area is 126 Å². The van der Waals surface area contributed by atoms with Gasteiger partial charge in [0.15, 0.2) is 0 Å². The smallest absolute Gasteiger partial charge is 0.142 e. The maximum Gasteiger partial charge on any atom is 0.142 e. The van der Waals surface area contributed by atoms with E-state index < -0.39 is 0 Å². The van der Waals surface area contributed by atoms with Crippen molar-refractivity contribution in [2.24, 2.45) is 0 Å². The Hall–Kier alpha value is -1.88. The third-order valence-corrected chi connectivity index (χ3v) is 3.29. The van der Waals surface area contributed by atoms with E-state index >= 15 is 0 Å². The van der Waals surface area contributed by atoms with Crippen molar-refractivity contribution in [2.45, 2.75) is 46.9 Å². The van der Waals surface area contributed by atoms with Crippen LogP contribution < -0.4 is 10.1 Å². The fourth-order valence-electron chi connectivity index (χ4n) is 2.16. The third kappa shape index (κ3) is 4.04. The first kappa shape index (κ1) is 15.5. The van der Waals surface area contributed by atoms with Crippen LogP contribution in [0.15, 0.2) is 24.7 Å². The fourth-order valence-corrected chi connectivity index (χ4v) is 2.16. The maximum absolute atomic E-state index is 5.96. The lowest BCUT2D eigenvalue weighted by Gasteiger charge is -2.14. The van der Waals surface area contributed by atoms with Crippen LogP contribution in [0.2, 0.25) is 0 Å². The zero-order valence-electron chi connectivity index (χ0n) is 13.3. The van der Waals surface area contributed by atoms with Crippen molar-refractivity contribution in [3.63, 3.8) is 0 Å². The van der Waals surface area contributed by atoms with Crippen molar-refractivity contribution in [2.75, 3.05) is 6.54 Å². The van der Waals surface area contributed by atoms with Crippen molar-refractivity contribution in [3.8, 4) is 5.75 Å². The topological polar surface area (TPSA) is 52.0 Å². The molecule has 5 heteroatoms. The van der Waals surface area contributed by atoms with Crippen LogP contribution in [0.1, 0.15) is 43.9 Å². The number of aromatic nitrogens is 3. The molecule has 0 saturated carbocycles. The standard InChI is InChI=1S/C16H24N4O/c1-5-17-9-15-16(7-6-13(4)19-15)21-10-14-8-18-11-20(14)12(2)3/h6-8,11-12,17H,5,9-10H2,1-4H3. The van der Waals surface area contributed by atoms with Gasteiger partial charge in [-0.25, -0.2) is 4.98 Å². The second-order valence-electron chi connectivity index (χ2n) is 5.35. The molecule has 0 aliphatic carbocycles. The van der Waals surface area contributed by atoms with E-state index in [2.05, 4.69) is 40.6 Å². The molecule has 2 aromatic rings. The summed E-state index contributed by atoms with van der Waals surface area (Å²) in [6.45, 7) is 10.5. The number of nitrogens with zero attached hydrogens (tertiary/aromatic N) is 3. The molecule has 2 rings (SSSR count). The fraction of sp³-hybridized carbons (Fsp3) is 0.500. The van der Waals surface area contributed by atoms with Gasteiger partial charge in [0, 0.05) is 18.3 Å². The molecule has 21 heavy (non-hydrogen) atoms. The minimum absolute atomic E-state index is 0.378. The molecule has 114 valence electrons. The van der Waals surface area contributed by atoms with Crippen molar-refractivity contribution in [3.05, 3.63) is 41.7 Å². The zero-order chi connectivity index (χ0) is 15.2. The van der Waals surface area contributed by atoms with Gasteiger partial charge in [0.1, 0.15) is 12.4 Å². The van der Waals surface area contributed by atoms with E-state index in [4.69, 9.17) is 4.74 Å². The Morgan fingerprint density at radius 2 is 2.14 bits per heavy atom. The molecule has 0 aliphatic rings. The first-order valence-corrected chi connectivity index (χ1v) is 7.42. The number of hydrogen-bond donors (Lipinski definition) is 1. The van der Waals surface area contributed by atoms with Gasteiger partial charge >= 0.3 is 0 Å². The molecule has 5 nitrogen and oxygen atoms in total. The number of rotatable bonds is 7. The molecular weight excluding hydrogens is 264 g/mol. The lowest BCUT2D eigenvalue weighted by molar-refractivity contribution is 0.286. The molecule has 0 atom stereocenters. The molecular formula is C16H24N4O. The number of pyridine rings is 1. The Kier molecular flexibility index (Phi) is 5.33. The van der Waals surface area contributed by atoms with Crippen LogP contribution in [0.5, 0.6) is 5.75 Å². The molecule has 0 saturated heterocycles. The van der Waals surface area contributed by atoms with Gasteiger partial charge in [-0.2, -0.15) is 0 Å². The summed E-state index contributed by atoms with van der Waals surface area (Å²) in [6, 6.07) is 4.35. The van der Waals surface area contributed by atoms with Gasteiger partial charge in [-0.05, 0) is 39.4 Å². The molecule has 0 aromatic carbocycles. The van der Waals surface area contributed by atoms with Gasteiger partial charge in [0.25, 0.3) is 0 Å². The van der Waals surface area contributed by atoms with Gasteiger partial charge in [-0.1, -0.05) is 6.92 Å². The van der Waals surface area contributed by atoms with E-state index in [1.807, 2.05) is 31.6 Å². The van der Waals surface area contributed by atoms with Crippen LogP contribution in [-0.4, -0.2) is 21.1 Å². The van der Waals surface area contributed by atoms with E-state index in [1.54, 1.807) is 0 Å². The van der Waals surface area contributed by atoms with Crippen LogP contribution in [-0.2, 0) is 13.2 Å². The second-order valence-corrected chi connectivity index (χ2v) is 5.35. The summed E-state index contributed by atoms with van der Waals surface area (Å²) in [6.07, 6.45) is 3.70. The van der Waals surface area contributed by atoms with E-state index in [0.717, 1.165) is 35.9 Å². The number of ether oxygens (including phenoxy) is 1. The SMILES string of the molecule is CCNCc1nc(C)ccc1OCc1cncn1C(C)C. The number of hydrogen-bond acceptors (Lipinski definition) is 4. The quantitative estimate of drug-likeness (QED) is 0.851. The summed E-state index contributed by atoms with van der Waals surface area (Å²) in [5.74, 6) is 0.832. The van der Waals surface area contributed by atoms with E-state index in [1.165, 1.54) is 0 Å². The first-order valence-electron chi connectivity index (χ1n) is 7.42. The summed E-state index contributed by atoms with van der Waals surface area (Å²) in [5.41, 5.74) is 3.02. The van der Waals surface area contributed by atoms with Crippen molar-refractivity contribution < 1.29 is 4.74 Å². The number of imidazole rings is 1. The Balaban J connectivity index is 2.10. The van der Waals surface area contributed by atoms with Gasteiger partial charge in [0.05, 0.1) is 23.9 Å². The highest BCUT2D eigenvalue weighted by Gasteiger charge is 2.09. The average molecular weight is 288 g/mol. The van der Waals surface area contributed by atoms with Gasteiger partial charge in [-0.15, -0.1) is 0 Å². The van der Waals surface area contributed by atoms with E-state index in [-0.39, 0.29) is 0 Å². The van der Waals surface area contributed by atoms with Crippen LogP contribution in [0, 0.1) is 6.92 Å². The monoisotopic (exact) mass is 288 g/mol. The molecule has 2 heterocycles. The molecule has 0 fully saturated rings. The highest BCUT2D eigenvalue weighted by atomic mass is 16.5. The average Bonchev–Trinajstić information content (AvgIpc) is 2.92. The lowest BCUT2D eigenvalue weighted by atomic mass is 10.2. The van der Waals surface area contributed by atoms with E-state index in [9.17, 15) is 0 Å². The Morgan fingerprint density at radius 3 is 2.86 bits per heavy atom. The largest absolute Gasteiger partial charge is 0.485 e. The highest BCUT2D eigenvalue weighted by Crippen LogP contribution is 2.19. The molecule has 0 radical (unpaired) electrons. The molecule has 2 aromatic heterocycles. The van der Waals surface area contributed by atoms with Gasteiger partial charge < -0.3 is 14.6 Å². The van der Waals surface area contributed by atoms with Crippen LogP contribution in [0.3, 0.4) is 0 Å². The third-order valence-electron chi connectivity index (χ3n) is 3.29. The molecule has 1 N–H and O–H groups in total. The first-order chi connectivity index (χ1) is 10.1. The van der Waals surface area contributed by atoms with E-state index in [0.29, 0.717) is 12.6 Å². The normalized spacial score (nSPS) is 11.1. The molecule has 0 unspecified atom stereocenters. The molecule has 0 aliphatic heterocycles. The van der Waals surface area contributed by atoms with Gasteiger partial charge in [0.2, 0.25) is 0 Å². The predicted octanol–water partition coefficient (Wildman–Crippen LogP) is 2.86. The lowest BCUT2D eigenvalue weighted by Crippen LogP contribution is -2.15. The second kappa shape index (κ2) is 7.22. The van der Waals surface area contributed by atoms with Crippen LogP contribution in [0.25, 0.3) is 0 Å². The van der Waals surface area contributed by atoms with Gasteiger partial charge in [-0.3, -0.25) is 4.98 Å². The Morgan fingerprint density at radius 1 is 1.33 bits per heavy atom. The molecule has 0 bridgehead atoms. The number of aryl methyl sites for hydroxylation is 1. The minimum Gasteiger partial charge on any atom is -0.485 e. The van der Waals surface area contributed by atoms with Crippen molar-refractivity contribution in [1.82, 2.24) is 19.9 Å². The highest BCUT2D eigenvalue weighted by molar-refractivity contribution is 5.29. The summed E-state index contributed by atoms with van der Waals surface area (Å²) in [4.78, 5) is 8.75. The Bertz CT molecular complexity index is 577. The number of nitrogens with one attached hydrogen (secondary N) is 1. The van der Waals surface area contributed by atoms with Crippen molar-refractivity contribution >= 4 is 0 Å². The van der Waals surface area contributed by atoms with Crippen LogP contribution >= 0.6 is 0 Å². The zero-order valence-corrected chi connectivity index (χ0v) is 13.3.